The smallest absolute Gasteiger partial charge is 0.119 e. The van der Waals surface area contributed by atoms with Crippen LogP contribution >= 0.6 is 0 Å². The van der Waals surface area contributed by atoms with Crippen molar-refractivity contribution in [3.05, 3.63) is 29.8 Å². The first-order chi connectivity index (χ1) is 11.8. The van der Waals surface area contributed by atoms with Gasteiger partial charge >= 0.3 is 0 Å². The number of ether oxygens (including phenoxy) is 2. The molecular formula is C19H25N3O2. The zero-order valence-electron chi connectivity index (χ0n) is 14.1. The molecule has 3 aliphatic rings. The van der Waals surface area contributed by atoms with Gasteiger partial charge in [0, 0.05) is 39.3 Å². The van der Waals surface area contributed by atoms with Gasteiger partial charge in [-0.1, -0.05) is 0 Å². The molecule has 4 rings (SSSR count). The van der Waals surface area contributed by atoms with Crippen molar-refractivity contribution in [1.29, 1.82) is 5.26 Å². The third kappa shape index (κ3) is 4.07. The van der Waals surface area contributed by atoms with Crippen LogP contribution in [-0.4, -0.2) is 67.9 Å². The lowest BCUT2D eigenvalue weighted by atomic mass is 10.1. The van der Waals surface area contributed by atoms with Crippen molar-refractivity contribution in [2.75, 3.05) is 45.9 Å². The highest BCUT2D eigenvalue weighted by Crippen LogP contribution is 2.31. The second-order valence-corrected chi connectivity index (χ2v) is 7.29. The molecule has 0 aromatic heterocycles. The summed E-state index contributed by atoms with van der Waals surface area (Å²) >= 11 is 0. The molecular weight excluding hydrogens is 302 g/mol. The van der Waals surface area contributed by atoms with Crippen molar-refractivity contribution in [3.8, 4) is 11.8 Å². The standard InChI is InChI=1S/C19H25N3O2/c20-9-15-3-5-17(6-4-15)23-8-7-21-11-18-13-22(10-16-1-2-16)14-19(12-21)24-18/h3-6,16,18-19H,1-2,7-8,10-14H2. The van der Waals surface area contributed by atoms with Crippen LogP contribution in [0.15, 0.2) is 24.3 Å². The molecule has 1 aliphatic carbocycles. The van der Waals surface area contributed by atoms with Crippen molar-refractivity contribution in [2.24, 2.45) is 5.92 Å². The molecule has 2 unspecified atom stereocenters. The van der Waals surface area contributed by atoms with Gasteiger partial charge in [-0.05, 0) is 43.0 Å². The van der Waals surface area contributed by atoms with E-state index in [1.165, 1.54) is 19.4 Å². The Kier molecular flexibility index (Phi) is 4.70. The highest BCUT2D eigenvalue weighted by Gasteiger charge is 2.36. The van der Waals surface area contributed by atoms with E-state index >= 15 is 0 Å². The minimum absolute atomic E-state index is 0.353. The highest BCUT2D eigenvalue weighted by molar-refractivity contribution is 5.34. The molecule has 0 radical (unpaired) electrons. The van der Waals surface area contributed by atoms with Gasteiger partial charge in [0.05, 0.1) is 23.8 Å². The van der Waals surface area contributed by atoms with Crippen LogP contribution in [0.2, 0.25) is 0 Å². The molecule has 0 amide bonds. The van der Waals surface area contributed by atoms with E-state index < -0.39 is 0 Å². The van der Waals surface area contributed by atoms with Crippen LogP contribution in [0, 0.1) is 17.2 Å². The number of rotatable bonds is 6. The quantitative estimate of drug-likeness (QED) is 0.796. The molecule has 2 heterocycles. The van der Waals surface area contributed by atoms with E-state index in [0.717, 1.165) is 44.4 Å². The molecule has 1 aromatic rings. The van der Waals surface area contributed by atoms with Crippen molar-refractivity contribution in [2.45, 2.75) is 25.0 Å². The van der Waals surface area contributed by atoms with E-state index in [1.54, 1.807) is 12.1 Å². The van der Waals surface area contributed by atoms with Crippen LogP contribution < -0.4 is 4.74 Å². The summed E-state index contributed by atoms with van der Waals surface area (Å²) in [6, 6.07) is 9.44. The predicted molar refractivity (Wildman–Crippen MR) is 90.9 cm³/mol. The normalized spacial score (nSPS) is 27.6. The lowest BCUT2D eigenvalue weighted by molar-refractivity contribution is -0.139. The maximum absolute atomic E-state index is 8.81. The Hall–Kier alpha value is -1.61. The Labute approximate surface area is 143 Å². The van der Waals surface area contributed by atoms with Crippen LogP contribution in [-0.2, 0) is 4.74 Å². The fourth-order valence-corrected chi connectivity index (χ4v) is 3.78. The predicted octanol–water partition coefficient (Wildman–Crippen LogP) is 1.73. The van der Waals surface area contributed by atoms with Crippen molar-refractivity contribution >= 4 is 0 Å². The summed E-state index contributed by atoms with van der Waals surface area (Å²) in [6.07, 6.45) is 3.55. The van der Waals surface area contributed by atoms with E-state index in [-0.39, 0.29) is 0 Å². The fourth-order valence-electron chi connectivity index (χ4n) is 3.78. The summed E-state index contributed by atoms with van der Waals surface area (Å²) < 4.78 is 11.9. The zero-order valence-corrected chi connectivity index (χ0v) is 14.1. The molecule has 2 bridgehead atoms. The minimum atomic E-state index is 0.353. The number of fused-ring (bicyclic) bond motifs is 2. The van der Waals surface area contributed by atoms with Crippen LogP contribution in [0.1, 0.15) is 18.4 Å². The number of morpholine rings is 2. The lowest BCUT2D eigenvalue weighted by Gasteiger charge is -2.45. The average molecular weight is 327 g/mol. The molecule has 5 heteroatoms. The first-order valence-electron chi connectivity index (χ1n) is 9.01. The van der Waals surface area contributed by atoms with Crippen molar-refractivity contribution in [1.82, 2.24) is 9.80 Å². The van der Waals surface area contributed by atoms with Crippen LogP contribution in [0.25, 0.3) is 0 Å². The number of hydrogen-bond acceptors (Lipinski definition) is 5. The summed E-state index contributed by atoms with van der Waals surface area (Å²) in [7, 11) is 0. The van der Waals surface area contributed by atoms with Crippen LogP contribution in [0.5, 0.6) is 5.75 Å². The Morgan fingerprint density at radius 2 is 1.71 bits per heavy atom. The lowest BCUT2D eigenvalue weighted by Crippen LogP contribution is -2.60. The number of nitriles is 1. The van der Waals surface area contributed by atoms with E-state index in [2.05, 4.69) is 15.9 Å². The van der Waals surface area contributed by atoms with Gasteiger partial charge in [0.2, 0.25) is 0 Å². The fraction of sp³-hybridized carbons (Fsp3) is 0.632. The van der Waals surface area contributed by atoms with Crippen LogP contribution in [0.3, 0.4) is 0 Å². The molecule has 1 aromatic carbocycles. The maximum Gasteiger partial charge on any atom is 0.119 e. The van der Waals surface area contributed by atoms with Crippen molar-refractivity contribution in [3.63, 3.8) is 0 Å². The first-order valence-corrected chi connectivity index (χ1v) is 9.01. The number of hydrogen-bond donors (Lipinski definition) is 0. The zero-order chi connectivity index (χ0) is 16.4. The summed E-state index contributed by atoms with van der Waals surface area (Å²) in [5, 5.41) is 8.81. The SMILES string of the molecule is N#Cc1ccc(OCCN2CC3CN(CC4CC4)CC(C2)O3)cc1. The Balaban J connectivity index is 1.21. The topological polar surface area (TPSA) is 48.7 Å². The summed E-state index contributed by atoms with van der Waals surface area (Å²) in [5.41, 5.74) is 0.666. The first kappa shape index (κ1) is 15.9. The molecule has 24 heavy (non-hydrogen) atoms. The third-order valence-corrected chi connectivity index (χ3v) is 5.11. The minimum Gasteiger partial charge on any atom is -0.492 e. The molecule has 2 atom stereocenters. The average Bonchev–Trinajstić information content (AvgIpc) is 3.39. The number of nitrogens with zero attached hydrogens (tertiary/aromatic N) is 3. The van der Waals surface area contributed by atoms with Gasteiger partial charge < -0.3 is 9.47 Å². The molecule has 5 nitrogen and oxygen atoms in total. The van der Waals surface area contributed by atoms with E-state index in [0.29, 0.717) is 24.4 Å². The van der Waals surface area contributed by atoms with Gasteiger partial charge in [0.25, 0.3) is 0 Å². The third-order valence-electron chi connectivity index (χ3n) is 5.11. The maximum atomic E-state index is 8.81. The highest BCUT2D eigenvalue weighted by atomic mass is 16.5. The van der Waals surface area contributed by atoms with Gasteiger partial charge in [-0.25, -0.2) is 0 Å². The molecule has 2 aliphatic heterocycles. The second-order valence-electron chi connectivity index (χ2n) is 7.29. The molecule has 0 N–H and O–H groups in total. The van der Waals surface area contributed by atoms with Crippen LogP contribution in [0.4, 0.5) is 0 Å². The van der Waals surface area contributed by atoms with Crippen molar-refractivity contribution < 1.29 is 9.47 Å². The second kappa shape index (κ2) is 7.10. The largest absolute Gasteiger partial charge is 0.492 e. The summed E-state index contributed by atoms with van der Waals surface area (Å²) in [6.45, 7) is 7.07. The summed E-state index contributed by atoms with van der Waals surface area (Å²) in [5.74, 6) is 1.79. The van der Waals surface area contributed by atoms with Gasteiger partial charge in [0.1, 0.15) is 12.4 Å². The van der Waals surface area contributed by atoms with E-state index in [4.69, 9.17) is 14.7 Å². The molecule has 2 saturated heterocycles. The Morgan fingerprint density at radius 3 is 2.33 bits per heavy atom. The van der Waals surface area contributed by atoms with Gasteiger partial charge in [-0.15, -0.1) is 0 Å². The van der Waals surface area contributed by atoms with E-state index in [1.807, 2.05) is 12.1 Å². The Morgan fingerprint density at radius 1 is 1.04 bits per heavy atom. The molecule has 128 valence electrons. The molecule has 1 saturated carbocycles. The summed E-state index contributed by atoms with van der Waals surface area (Å²) in [4.78, 5) is 5.08. The monoisotopic (exact) mass is 327 g/mol. The Bertz CT molecular complexity index is 580. The van der Waals surface area contributed by atoms with Gasteiger partial charge in [0.15, 0.2) is 0 Å². The van der Waals surface area contributed by atoms with Gasteiger partial charge in [-0.3, -0.25) is 9.80 Å². The number of benzene rings is 1. The van der Waals surface area contributed by atoms with Gasteiger partial charge in [-0.2, -0.15) is 5.26 Å². The molecule has 3 fully saturated rings. The van der Waals surface area contributed by atoms with E-state index in [9.17, 15) is 0 Å². The molecule has 0 spiro atoms.